The van der Waals surface area contributed by atoms with Crippen molar-refractivity contribution in [1.29, 1.82) is 0 Å². The van der Waals surface area contributed by atoms with Gasteiger partial charge in [-0.2, -0.15) is 0 Å². The van der Waals surface area contributed by atoms with Crippen molar-refractivity contribution in [3.8, 4) is 0 Å². The third kappa shape index (κ3) is 1.35. The molecule has 1 aliphatic rings. The van der Waals surface area contributed by atoms with Gasteiger partial charge in [0.25, 0.3) is 0 Å². The molecule has 0 aromatic carbocycles. The Kier molecular flexibility index (Phi) is 1.94. The molecule has 0 fully saturated rings. The van der Waals surface area contributed by atoms with Gasteiger partial charge in [0, 0.05) is 0 Å². The average molecular weight is 124 g/mol. The Labute approximate surface area is 58.0 Å². The fourth-order valence-electron chi connectivity index (χ4n) is 1.33. The van der Waals surface area contributed by atoms with E-state index in [9.17, 15) is 0 Å². The van der Waals surface area contributed by atoms with Crippen molar-refractivity contribution in [2.24, 2.45) is 11.8 Å². The lowest BCUT2D eigenvalue weighted by molar-refractivity contribution is 0.521. The van der Waals surface area contributed by atoms with Crippen molar-refractivity contribution < 1.29 is 0 Å². The number of hydrogen-bond donors (Lipinski definition) is 0. The van der Waals surface area contributed by atoms with Crippen LogP contribution in [0.4, 0.5) is 0 Å². The van der Waals surface area contributed by atoms with Crippen LogP contribution >= 0.6 is 0 Å². The Morgan fingerprint density at radius 1 is 1.78 bits per heavy atom. The fourth-order valence-corrected chi connectivity index (χ4v) is 1.33. The van der Waals surface area contributed by atoms with Gasteiger partial charge < -0.3 is 0 Å². The van der Waals surface area contributed by atoms with E-state index in [-0.39, 0.29) is 0 Å². The van der Waals surface area contributed by atoms with E-state index in [1.807, 2.05) is 0 Å². The largest absolute Gasteiger partial charge is 0.0819 e. The normalized spacial score (nSPS) is 28.8. The Balaban J connectivity index is 2.38. The van der Waals surface area contributed by atoms with Crippen LogP contribution in [-0.2, 0) is 0 Å². The van der Waals surface area contributed by atoms with Crippen molar-refractivity contribution in [3.05, 3.63) is 11.6 Å². The number of rotatable bonds is 2. The van der Waals surface area contributed by atoms with Gasteiger partial charge in [0.1, 0.15) is 0 Å². The molecule has 1 rings (SSSR count). The highest BCUT2D eigenvalue weighted by atomic mass is 14.2. The van der Waals surface area contributed by atoms with E-state index >= 15 is 0 Å². The maximum atomic E-state index is 2.41. The van der Waals surface area contributed by atoms with E-state index in [0.29, 0.717) is 0 Å². The molecule has 2 atom stereocenters. The molecule has 0 nitrogen and oxygen atoms in total. The van der Waals surface area contributed by atoms with E-state index < -0.39 is 0 Å². The van der Waals surface area contributed by atoms with Gasteiger partial charge in [0.05, 0.1) is 0 Å². The average Bonchev–Trinajstić information content (AvgIpc) is 1.79. The highest BCUT2D eigenvalue weighted by Gasteiger charge is 2.17. The van der Waals surface area contributed by atoms with E-state index in [1.54, 1.807) is 5.57 Å². The maximum absolute atomic E-state index is 2.41. The zero-order valence-corrected chi connectivity index (χ0v) is 6.65. The lowest BCUT2D eigenvalue weighted by Crippen LogP contribution is -2.11. The summed E-state index contributed by atoms with van der Waals surface area (Å²) in [5, 5.41) is 0. The molecule has 0 saturated carbocycles. The summed E-state index contributed by atoms with van der Waals surface area (Å²) in [6.45, 7) is 6.86. The van der Waals surface area contributed by atoms with E-state index in [1.165, 1.54) is 12.8 Å². The molecule has 1 aliphatic carbocycles. The standard InChI is InChI=1S/C9H16/c1-4-8(3)9-5-7(2)6-9/h5,7-8H,4,6H2,1-3H3. The van der Waals surface area contributed by atoms with Crippen LogP contribution in [0.2, 0.25) is 0 Å². The molecular formula is C9H16. The highest BCUT2D eigenvalue weighted by molar-refractivity contribution is 5.17. The summed E-state index contributed by atoms with van der Waals surface area (Å²) in [5.41, 5.74) is 1.69. The van der Waals surface area contributed by atoms with Crippen LogP contribution in [0, 0.1) is 11.8 Å². The van der Waals surface area contributed by atoms with E-state index in [2.05, 4.69) is 26.8 Å². The van der Waals surface area contributed by atoms with Crippen molar-refractivity contribution in [1.82, 2.24) is 0 Å². The molecular weight excluding hydrogens is 108 g/mol. The monoisotopic (exact) mass is 124 g/mol. The molecule has 0 aliphatic heterocycles. The molecule has 0 heteroatoms. The SMILES string of the molecule is CCC(C)C1=CC(C)C1. The molecule has 0 radical (unpaired) electrons. The zero-order valence-electron chi connectivity index (χ0n) is 6.65. The van der Waals surface area contributed by atoms with Crippen LogP contribution in [-0.4, -0.2) is 0 Å². The molecule has 0 aromatic heterocycles. The summed E-state index contributed by atoms with van der Waals surface area (Å²) < 4.78 is 0. The number of hydrogen-bond acceptors (Lipinski definition) is 0. The highest BCUT2D eigenvalue weighted by Crippen LogP contribution is 2.32. The first-order chi connectivity index (χ1) is 4.24. The first-order valence-electron chi connectivity index (χ1n) is 3.94. The van der Waals surface area contributed by atoms with Crippen molar-refractivity contribution >= 4 is 0 Å². The van der Waals surface area contributed by atoms with Crippen LogP contribution < -0.4 is 0 Å². The quantitative estimate of drug-likeness (QED) is 0.496. The van der Waals surface area contributed by atoms with E-state index in [4.69, 9.17) is 0 Å². The van der Waals surface area contributed by atoms with Gasteiger partial charge in [-0.3, -0.25) is 0 Å². The van der Waals surface area contributed by atoms with Crippen LogP contribution in [0.5, 0.6) is 0 Å². The van der Waals surface area contributed by atoms with Gasteiger partial charge in [0.15, 0.2) is 0 Å². The predicted molar refractivity (Wildman–Crippen MR) is 41.3 cm³/mol. The minimum atomic E-state index is 0.848. The Morgan fingerprint density at radius 3 is 2.67 bits per heavy atom. The summed E-state index contributed by atoms with van der Waals surface area (Å²) in [6, 6.07) is 0. The molecule has 52 valence electrons. The van der Waals surface area contributed by atoms with Gasteiger partial charge in [0.2, 0.25) is 0 Å². The number of allylic oxidation sites excluding steroid dienone is 2. The van der Waals surface area contributed by atoms with Gasteiger partial charge >= 0.3 is 0 Å². The van der Waals surface area contributed by atoms with Gasteiger partial charge in [-0.05, 0) is 24.7 Å². The minimum Gasteiger partial charge on any atom is -0.0819 e. The molecule has 0 N–H and O–H groups in total. The second kappa shape index (κ2) is 2.55. The smallest absolute Gasteiger partial charge is 0.0222 e. The maximum Gasteiger partial charge on any atom is -0.0222 e. The first-order valence-corrected chi connectivity index (χ1v) is 3.94. The molecule has 2 unspecified atom stereocenters. The molecule has 0 heterocycles. The Bertz CT molecular complexity index is 122. The molecule has 0 saturated heterocycles. The van der Waals surface area contributed by atoms with Crippen molar-refractivity contribution in [2.45, 2.75) is 33.6 Å². The first kappa shape index (κ1) is 6.85. The predicted octanol–water partition coefficient (Wildman–Crippen LogP) is 3.00. The van der Waals surface area contributed by atoms with Crippen LogP contribution in [0.25, 0.3) is 0 Å². The summed E-state index contributed by atoms with van der Waals surface area (Å²) in [7, 11) is 0. The minimum absolute atomic E-state index is 0.848. The Hall–Kier alpha value is -0.260. The summed E-state index contributed by atoms with van der Waals surface area (Å²) in [6.07, 6.45) is 5.07. The van der Waals surface area contributed by atoms with Gasteiger partial charge in [-0.15, -0.1) is 0 Å². The lowest BCUT2D eigenvalue weighted by atomic mass is 9.80. The third-order valence-electron chi connectivity index (χ3n) is 2.30. The van der Waals surface area contributed by atoms with Crippen LogP contribution in [0.15, 0.2) is 11.6 Å². The second-order valence-corrected chi connectivity index (χ2v) is 3.23. The lowest BCUT2D eigenvalue weighted by Gasteiger charge is -2.26. The van der Waals surface area contributed by atoms with Crippen LogP contribution in [0.3, 0.4) is 0 Å². The summed E-state index contributed by atoms with van der Waals surface area (Å²) in [4.78, 5) is 0. The molecule has 9 heavy (non-hydrogen) atoms. The molecule has 0 bridgehead atoms. The Morgan fingerprint density at radius 2 is 2.33 bits per heavy atom. The summed E-state index contributed by atoms with van der Waals surface area (Å²) >= 11 is 0. The van der Waals surface area contributed by atoms with Crippen LogP contribution in [0.1, 0.15) is 33.6 Å². The molecule has 0 amide bonds. The third-order valence-corrected chi connectivity index (χ3v) is 2.30. The fraction of sp³-hybridized carbons (Fsp3) is 0.778. The molecule has 0 aromatic rings. The summed E-state index contributed by atoms with van der Waals surface area (Å²) in [5.74, 6) is 1.72. The van der Waals surface area contributed by atoms with Gasteiger partial charge in [-0.1, -0.05) is 32.4 Å². The van der Waals surface area contributed by atoms with E-state index in [0.717, 1.165) is 11.8 Å². The van der Waals surface area contributed by atoms with Gasteiger partial charge in [-0.25, -0.2) is 0 Å². The topological polar surface area (TPSA) is 0 Å². The molecule has 0 spiro atoms. The van der Waals surface area contributed by atoms with Crippen molar-refractivity contribution in [3.63, 3.8) is 0 Å². The zero-order chi connectivity index (χ0) is 6.85. The van der Waals surface area contributed by atoms with Crippen molar-refractivity contribution in [2.75, 3.05) is 0 Å². The second-order valence-electron chi connectivity index (χ2n) is 3.23.